The zero-order chi connectivity index (χ0) is 15.3. The van der Waals surface area contributed by atoms with E-state index in [4.69, 9.17) is 4.74 Å². The molecule has 4 heteroatoms. The predicted molar refractivity (Wildman–Crippen MR) is 83.1 cm³/mol. The summed E-state index contributed by atoms with van der Waals surface area (Å²) in [6.07, 6.45) is 1.15. The maximum Gasteiger partial charge on any atom is 0.160 e. The molecule has 0 radical (unpaired) electrons. The van der Waals surface area contributed by atoms with Gasteiger partial charge >= 0.3 is 0 Å². The number of aryl methyl sites for hydroxylation is 2. The van der Waals surface area contributed by atoms with E-state index in [9.17, 15) is 0 Å². The molecular weight excluding hydrogens is 250 g/mol. The van der Waals surface area contributed by atoms with Crippen molar-refractivity contribution in [3.63, 3.8) is 0 Å². The SMILES string of the molecule is CCCNCC(C)c1c(C)nc(C(C)(C)OC)nc1C. The third-order valence-corrected chi connectivity index (χ3v) is 3.75. The van der Waals surface area contributed by atoms with Gasteiger partial charge in [-0.3, -0.25) is 0 Å². The van der Waals surface area contributed by atoms with Crippen LogP contribution in [0, 0.1) is 13.8 Å². The highest BCUT2D eigenvalue weighted by atomic mass is 16.5. The van der Waals surface area contributed by atoms with Crippen LogP contribution in [0.2, 0.25) is 0 Å². The van der Waals surface area contributed by atoms with Crippen LogP contribution in [0.4, 0.5) is 0 Å². The highest BCUT2D eigenvalue weighted by Crippen LogP contribution is 2.26. The summed E-state index contributed by atoms with van der Waals surface area (Å²) in [5, 5.41) is 3.46. The Labute approximate surface area is 123 Å². The quantitative estimate of drug-likeness (QED) is 0.779. The Morgan fingerprint density at radius 1 is 1.20 bits per heavy atom. The van der Waals surface area contributed by atoms with E-state index in [1.165, 1.54) is 5.56 Å². The van der Waals surface area contributed by atoms with Gasteiger partial charge in [0.1, 0.15) is 5.60 Å². The van der Waals surface area contributed by atoms with E-state index in [1.54, 1.807) is 7.11 Å². The fourth-order valence-electron chi connectivity index (χ4n) is 2.40. The lowest BCUT2D eigenvalue weighted by Crippen LogP contribution is -2.26. The third kappa shape index (κ3) is 4.00. The van der Waals surface area contributed by atoms with Crippen molar-refractivity contribution in [2.24, 2.45) is 0 Å². The van der Waals surface area contributed by atoms with Gasteiger partial charge in [-0.1, -0.05) is 13.8 Å². The van der Waals surface area contributed by atoms with E-state index in [1.807, 2.05) is 13.8 Å². The van der Waals surface area contributed by atoms with Crippen LogP contribution in [0.5, 0.6) is 0 Å². The summed E-state index contributed by atoms with van der Waals surface area (Å²) in [4.78, 5) is 9.32. The number of nitrogens with zero attached hydrogens (tertiary/aromatic N) is 2. The summed E-state index contributed by atoms with van der Waals surface area (Å²) in [5.74, 6) is 1.17. The number of hydrogen-bond acceptors (Lipinski definition) is 4. The molecule has 114 valence electrons. The smallest absolute Gasteiger partial charge is 0.160 e. The Kier molecular flexibility index (Phi) is 6.08. The minimum atomic E-state index is -0.447. The van der Waals surface area contributed by atoms with Crippen LogP contribution in [0.15, 0.2) is 0 Å². The van der Waals surface area contributed by atoms with Crippen molar-refractivity contribution in [2.75, 3.05) is 20.2 Å². The second kappa shape index (κ2) is 7.14. The highest BCUT2D eigenvalue weighted by Gasteiger charge is 2.25. The van der Waals surface area contributed by atoms with E-state index >= 15 is 0 Å². The minimum absolute atomic E-state index is 0.418. The molecule has 0 amide bonds. The van der Waals surface area contributed by atoms with Crippen molar-refractivity contribution in [3.05, 3.63) is 22.8 Å². The van der Waals surface area contributed by atoms with E-state index < -0.39 is 5.60 Å². The van der Waals surface area contributed by atoms with Gasteiger partial charge in [0.15, 0.2) is 5.82 Å². The van der Waals surface area contributed by atoms with E-state index in [2.05, 4.69) is 43.0 Å². The fourth-order valence-corrected chi connectivity index (χ4v) is 2.40. The average Bonchev–Trinajstić information content (AvgIpc) is 2.38. The molecule has 0 aliphatic rings. The van der Waals surface area contributed by atoms with Gasteiger partial charge in [-0.05, 0) is 52.1 Å². The zero-order valence-corrected chi connectivity index (χ0v) is 14.0. The Balaban J connectivity index is 3.00. The molecule has 1 unspecified atom stereocenters. The molecule has 0 saturated carbocycles. The molecule has 0 aliphatic heterocycles. The van der Waals surface area contributed by atoms with Gasteiger partial charge in [0, 0.05) is 25.0 Å². The van der Waals surface area contributed by atoms with Crippen LogP contribution in [0.1, 0.15) is 62.8 Å². The monoisotopic (exact) mass is 279 g/mol. The number of nitrogens with one attached hydrogen (secondary N) is 1. The molecule has 1 aromatic heterocycles. The van der Waals surface area contributed by atoms with Crippen molar-refractivity contribution in [2.45, 2.75) is 59.5 Å². The van der Waals surface area contributed by atoms with Crippen molar-refractivity contribution >= 4 is 0 Å². The first-order valence-electron chi connectivity index (χ1n) is 7.45. The molecule has 0 fully saturated rings. The van der Waals surface area contributed by atoms with Crippen LogP contribution < -0.4 is 5.32 Å². The molecule has 1 aromatic rings. The Morgan fingerprint density at radius 3 is 2.20 bits per heavy atom. The summed E-state index contributed by atoms with van der Waals surface area (Å²) in [6, 6.07) is 0. The third-order valence-electron chi connectivity index (χ3n) is 3.75. The number of aromatic nitrogens is 2. The fraction of sp³-hybridized carbons (Fsp3) is 0.750. The van der Waals surface area contributed by atoms with Gasteiger partial charge in [-0.2, -0.15) is 0 Å². The highest BCUT2D eigenvalue weighted by molar-refractivity contribution is 5.29. The lowest BCUT2D eigenvalue weighted by molar-refractivity contribution is 0.0111. The van der Waals surface area contributed by atoms with Gasteiger partial charge < -0.3 is 10.1 Å². The number of methoxy groups -OCH3 is 1. The first kappa shape index (κ1) is 17.1. The molecule has 0 bridgehead atoms. The molecule has 20 heavy (non-hydrogen) atoms. The first-order valence-corrected chi connectivity index (χ1v) is 7.45. The molecular formula is C16H29N3O. The first-order chi connectivity index (χ1) is 9.33. The Morgan fingerprint density at radius 2 is 1.75 bits per heavy atom. The van der Waals surface area contributed by atoms with Crippen LogP contribution in [-0.4, -0.2) is 30.2 Å². The van der Waals surface area contributed by atoms with Crippen molar-refractivity contribution in [1.29, 1.82) is 0 Å². The second-order valence-electron chi connectivity index (χ2n) is 5.95. The largest absolute Gasteiger partial charge is 0.371 e. The van der Waals surface area contributed by atoms with Crippen LogP contribution in [0.25, 0.3) is 0 Å². The molecule has 0 aromatic carbocycles. The summed E-state index contributed by atoms with van der Waals surface area (Å²) in [6.45, 7) is 14.5. The second-order valence-corrected chi connectivity index (χ2v) is 5.95. The van der Waals surface area contributed by atoms with E-state index in [0.29, 0.717) is 5.92 Å². The van der Waals surface area contributed by atoms with Crippen LogP contribution >= 0.6 is 0 Å². The van der Waals surface area contributed by atoms with E-state index in [0.717, 1.165) is 36.7 Å². The molecule has 1 N–H and O–H groups in total. The molecule has 4 nitrogen and oxygen atoms in total. The van der Waals surface area contributed by atoms with Crippen molar-refractivity contribution in [1.82, 2.24) is 15.3 Å². The summed E-state index contributed by atoms with van der Waals surface area (Å²) >= 11 is 0. The van der Waals surface area contributed by atoms with Gasteiger partial charge in [0.2, 0.25) is 0 Å². The van der Waals surface area contributed by atoms with Gasteiger partial charge in [0.05, 0.1) is 0 Å². The summed E-state index contributed by atoms with van der Waals surface area (Å²) in [7, 11) is 1.69. The Hall–Kier alpha value is -1.00. The number of rotatable bonds is 7. The standard InChI is InChI=1S/C16H29N3O/c1-8-9-17-10-11(2)14-12(3)18-15(19-13(14)4)16(5,6)20-7/h11,17H,8-10H2,1-7H3. The number of ether oxygens (including phenoxy) is 1. The van der Waals surface area contributed by atoms with Crippen molar-refractivity contribution in [3.8, 4) is 0 Å². The minimum Gasteiger partial charge on any atom is -0.371 e. The predicted octanol–water partition coefficient (Wildman–Crippen LogP) is 3.08. The molecule has 1 atom stereocenters. The lowest BCUT2D eigenvalue weighted by atomic mass is 9.97. The van der Waals surface area contributed by atoms with Crippen LogP contribution in [0.3, 0.4) is 0 Å². The van der Waals surface area contributed by atoms with Gasteiger partial charge in [0.25, 0.3) is 0 Å². The molecule has 0 saturated heterocycles. The zero-order valence-electron chi connectivity index (χ0n) is 14.0. The number of hydrogen-bond donors (Lipinski definition) is 1. The topological polar surface area (TPSA) is 47.0 Å². The van der Waals surface area contributed by atoms with Crippen LogP contribution in [-0.2, 0) is 10.3 Å². The molecule has 0 aliphatic carbocycles. The lowest BCUT2D eigenvalue weighted by Gasteiger charge is -2.24. The van der Waals surface area contributed by atoms with Crippen molar-refractivity contribution < 1.29 is 4.74 Å². The van der Waals surface area contributed by atoms with Gasteiger partial charge in [-0.25, -0.2) is 9.97 Å². The maximum absolute atomic E-state index is 5.48. The molecule has 0 spiro atoms. The normalized spacial score (nSPS) is 13.6. The maximum atomic E-state index is 5.48. The Bertz CT molecular complexity index is 420. The average molecular weight is 279 g/mol. The van der Waals surface area contributed by atoms with E-state index in [-0.39, 0.29) is 0 Å². The van der Waals surface area contributed by atoms with Gasteiger partial charge in [-0.15, -0.1) is 0 Å². The summed E-state index contributed by atoms with van der Waals surface area (Å²) in [5.41, 5.74) is 2.92. The molecule has 1 heterocycles. The summed E-state index contributed by atoms with van der Waals surface area (Å²) < 4.78 is 5.48. The molecule has 1 rings (SSSR count).